The lowest BCUT2D eigenvalue weighted by Crippen LogP contribution is -2.40. The van der Waals surface area contributed by atoms with Gasteiger partial charge in [0, 0.05) is 25.7 Å². The number of aromatic nitrogens is 2. The average Bonchev–Trinajstić information content (AvgIpc) is 2.76. The lowest BCUT2D eigenvalue weighted by atomic mass is 9.95. The van der Waals surface area contributed by atoms with Crippen molar-refractivity contribution in [2.75, 3.05) is 19.6 Å². The van der Waals surface area contributed by atoms with E-state index >= 15 is 0 Å². The smallest absolute Gasteiger partial charge is 0.153 e. The van der Waals surface area contributed by atoms with Gasteiger partial charge < -0.3 is 10.9 Å². The predicted molar refractivity (Wildman–Crippen MR) is 65.0 cm³/mol. The number of oxime groups is 1. The zero-order valence-electron chi connectivity index (χ0n) is 10.1. The third kappa shape index (κ3) is 2.97. The van der Waals surface area contributed by atoms with Gasteiger partial charge in [0.1, 0.15) is 0 Å². The fourth-order valence-corrected chi connectivity index (χ4v) is 2.35. The zero-order valence-corrected chi connectivity index (χ0v) is 10.1. The predicted octanol–water partition coefficient (Wildman–Crippen LogP) is 0.346. The summed E-state index contributed by atoms with van der Waals surface area (Å²) in [6.45, 7) is 2.45. The number of hydrogen-bond acceptors (Lipinski definition) is 4. The Balaban J connectivity index is 1.97. The van der Waals surface area contributed by atoms with Crippen molar-refractivity contribution in [2.45, 2.75) is 18.8 Å². The second-order valence-electron chi connectivity index (χ2n) is 4.58. The van der Waals surface area contributed by atoms with Gasteiger partial charge in [-0.25, -0.2) is 0 Å². The summed E-state index contributed by atoms with van der Waals surface area (Å²) in [5, 5.41) is 16.0. The number of rotatable bonds is 3. The third-order valence-corrected chi connectivity index (χ3v) is 3.17. The summed E-state index contributed by atoms with van der Waals surface area (Å²) in [7, 11) is 1.93. The van der Waals surface area contributed by atoms with Gasteiger partial charge in [-0.2, -0.15) is 5.10 Å². The molecule has 0 radical (unpaired) electrons. The summed E-state index contributed by atoms with van der Waals surface area (Å²) in [4.78, 5) is 2.21. The minimum absolute atomic E-state index is 0.270. The Bertz CT molecular complexity index is 400. The summed E-state index contributed by atoms with van der Waals surface area (Å²) < 4.78 is 1.83. The van der Waals surface area contributed by atoms with E-state index in [9.17, 15) is 0 Å². The molecule has 0 saturated carbocycles. The van der Waals surface area contributed by atoms with Crippen LogP contribution in [0.3, 0.4) is 0 Å². The molecule has 3 N–H and O–H groups in total. The molecule has 1 fully saturated rings. The molecule has 1 aliphatic rings. The van der Waals surface area contributed by atoms with Crippen LogP contribution in [0.1, 0.15) is 24.5 Å². The Kier molecular flexibility index (Phi) is 3.63. The van der Waals surface area contributed by atoms with Crippen LogP contribution in [0.5, 0.6) is 0 Å². The van der Waals surface area contributed by atoms with E-state index in [0.29, 0.717) is 12.5 Å². The Hall–Kier alpha value is -1.56. The highest BCUT2D eigenvalue weighted by atomic mass is 16.4. The quantitative estimate of drug-likeness (QED) is 0.344. The van der Waals surface area contributed by atoms with Crippen molar-refractivity contribution in [3.8, 4) is 0 Å². The molecule has 94 valence electrons. The zero-order chi connectivity index (χ0) is 12.3. The van der Waals surface area contributed by atoms with E-state index in [4.69, 9.17) is 10.9 Å². The molecule has 1 aliphatic heterocycles. The maximum Gasteiger partial charge on any atom is 0.153 e. The first-order valence-electron chi connectivity index (χ1n) is 5.87. The lowest BCUT2D eigenvalue weighted by molar-refractivity contribution is 0.227. The molecule has 1 aromatic rings. The van der Waals surface area contributed by atoms with Gasteiger partial charge in [0.05, 0.1) is 12.2 Å². The Morgan fingerprint density at radius 2 is 2.53 bits per heavy atom. The van der Waals surface area contributed by atoms with Crippen LogP contribution in [0.15, 0.2) is 17.4 Å². The van der Waals surface area contributed by atoms with Crippen molar-refractivity contribution in [2.24, 2.45) is 17.9 Å². The van der Waals surface area contributed by atoms with Crippen molar-refractivity contribution in [3.05, 3.63) is 18.0 Å². The van der Waals surface area contributed by atoms with Crippen LogP contribution in [0.4, 0.5) is 0 Å². The van der Waals surface area contributed by atoms with E-state index in [-0.39, 0.29) is 5.84 Å². The third-order valence-electron chi connectivity index (χ3n) is 3.17. The first-order chi connectivity index (χ1) is 8.19. The number of nitrogens with two attached hydrogens (primary N) is 1. The standard InChI is InChI=1S/C11H19N5O/c1-15-6-4-10(13-15)9-3-2-5-16(7-9)8-11(12)14-17/h4,6,9,17H,2-3,5,7-8H2,1H3,(H2,12,14)/t9-/m1/s1. The summed E-state index contributed by atoms with van der Waals surface area (Å²) in [5.74, 6) is 0.725. The SMILES string of the molecule is Cn1ccc([C@@H]2CCCN(CC(N)=NO)C2)n1. The van der Waals surface area contributed by atoms with Crippen molar-refractivity contribution in [3.63, 3.8) is 0 Å². The Morgan fingerprint density at radius 3 is 3.18 bits per heavy atom. The number of piperidine rings is 1. The highest BCUT2D eigenvalue weighted by molar-refractivity contribution is 5.81. The number of aryl methyl sites for hydroxylation is 1. The van der Waals surface area contributed by atoms with Crippen LogP contribution >= 0.6 is 0 Å². The summed E-state index contributed by atoms with van der Waals surface area (Å²) in [6, 6.07) is 2.07. The van der Waals surface area contributed by atoms with Crippen LogP contribution in [0, 0.1) is 0 Å². The van der Waals surface area contributed by atoms with E-state index in [1.807, 2.05) is 17.9 Å². The summed E-state index contributed by atoms with van der Waals surface area (Å²) in [5.41, 5.74) is 6.67. The molecule has 2 heterocycles. The second-order valence-corrected chi connectivity index (χ2v) is 4.58. The molecule has 0 spiro atoms. The summed E-state index contributed by atoms with van der Waals surface area (Å²) >= 11 is 0. The normalized spacial score (nSPS) is 22.9. The average molecular weight is 237 g/mol. The fourth-order valence-electron chi connectivity index (χ4n) is 2.35. The number of nitrogens with zero attached hydrogens (tertiary/aromatic N) is 4. The van der Waals surface area contributed by atoms with Gasteiger partial charge in [-0.05, 0) is 25.5 Å². The van der Waals surface area contributed by atoms with Gasteiger partial charge >= 0.3 is 0 Å². The molecule has 1 aromatic heterocycles. The van der Waals surface area contributed by atoms with E-state index in [1.165, 1.54) is 0 Å². The largest absolute Gasteiger partial charge is 0.409 e. The van der Waals surface area contributed by atoms with Crippen LogP contribution in [0.2, 0.25) is 0 Å². The van der Waals surface area contributed by atoms with Crippen LogP contribution in [-0.4, -0.2) is 45.4 Å². The molecule has 2 rings (SSSR count). The van der Waals surface area contributed by atoms with Gasteiger partial charge in [0.25, 0.3) is 0 Å². The van der Waals surface area contributed by atoms with Gasteiger partial charge in [0.15, 0.2) is 5.84 Å². The summed E-state index contributed by atoms with van der Waals surface area (Å²) in [6.07, 6.45) is 4.25. The minimum atomic E-state index is 0.270. The molecule has 0 amide bonds. The molecule has 17 heavy (non-hydrogen) atoms. The van der Waals surface area contributed by atoms with Crippen molar-refractivity contribution < 1.29 is 5.21 Å². The van der Waals surface area contributed by atoms with Gasteiger partial charge in [-0.15, -0.1) is 0 Å². The first kappa shape index (κ1) is 11.9. The maximum absolute atomic E-state index is 8.57. The molecule has 0 aromatic carbocycles. The molecular formula is C11H19N5O. The number of amidine groups is 1. The van der Waals surface area contributed by atoms with E-state index in [2.05, 4.69) is 21.2 Å². The van der Waals surface area contributed by atoms with Crippen LogP contribution in [0.25, 0.3) is 0 Å². The number of likely N-dealkylation sites (tertiary alicyclic amines) is 1. The van der Waals surface area contributed by atoms with Crippen LogP contribution in [-0.2, 0) is 7.05 Å². The Morgan fingerprint density at radius 1 is 1.71 bits per heavy atom. The van der Waals surface area contributed by atoms with E-state index < -0.39 is 0 Å². The molecular weight excluding hydrogens is 218 g/mol. The molecule has 1 atom stereocenters. The number of hydrogen-bond donors (Lipinski definition) is 2. The maximum atomic E-state index is 8.57. The van der Waals surface area contributed by atoms with Crippen molar-refractivity contribution in [1.29, 1.82) is 0 Å². The van der Waals surface area contributed by atoms with Gasteiger partial charge in [-0.3, -0.25) is 9.58 Å². The molecule has 0 aliphatic carbocycles. The first-order valence-corrected chi connectivity index (χ1v) is 5.87. The molecule has 0 bridgehead atoms. The Labute approximate surface area is 101 Å². The van der Waals surface area contributed by atoms with Crippen molar-refractivity contribution in [1.82, 2.24) is 14.7 Å². The van der Waals surface area contributed by atoms with Crippen LogP contribution < -0.4 is 5.73 Å². The molecule has 0 unspecified atom stereocenters. The minimum Gasteiger partial charge on any atom is -0.409 e. The fraction of sp³-hybridized carbons (Fsp3) is 0.636. The molecule has 6 heteroatoms. The molecule has 6 nitrogen and oxygen atoms in total. The van der Waals surface area contributed by atoms with E-state index in [1.54, 1.807) is 0 Å². The highest BCUT2D eigenvalue weighted by Gasteiger charge is 2.23. The van der Waals surface area contributed by atoms with E-state index in [0.717, 1.165) is 31.6 Å². The topological polar surface area (TPSA) is 79.7 Å². The lowest BCUT2D eigenvalue weighted by Gasteiger charge is -2.31. The van der Waals surface area contributed by atoms with Gasteiger partial charge in [0.2, 0.25) is 0 Å². The monoisotopic (exact) mass is 237 g/mol. The van der Waals surface area contributed by atoms with Gasteiger partial charge in [-0.1, -0.05) is 5.16 Å². The molecule has 1 saturated heterocycles. The van der Waals surface area contributed by atoms with Crippen molar-refractivity contribution >= 4 is 5.84 Å². The second kappa shape index (κ2) is 5.18. The highest BCUT2D eigenvalue weighted by Crippen LogP contribution is 2.25.